The molecule has 1 aromatic rings. The van der Waals surface area contributed by atoms with Crippen LogP contribution in [0.3, 0.4) is 0 Å². The molecule has 1 amide bonds. The van der Waals surface area contributed by atoms with Gasteiger partial charge in [-0.25, -0.2) is 4.98 Å². The number of carbonyl (C=O) groups excluding carboxylic acids is 1. The molecule has 2 rings (SSSR count). The monoisotopic (exact) mass is 266 g/mol. The maximum absolute atomic E-state index is 11.2. The Hall–Kier alpha value is -2.45. The van der Waals surface area contributed by atoms with E-state index >= 15 is 0 Å². The number of nitrogens with zero attached hydrogens (tertiary/aromatic N) is 5. The van der Waals surface area contributed by atoms with E-state index in [2.05, 4.69) is 9.97 Å². The number of carbonyl (C=O) groups is 1. The zero-order chi connectivity index (χ0) is 14.0. The third-order valence-electron chi connectivity index (χ3n) is 2.99. The fraction of sp³-hybridized carbons (Fsp3) is 0.500. The highest BCUT2D eigenvalue weighted by Gasteiger charge is 2.26. The summed E-state index contributed by atoms with van der Waals surface area (Å²) in [6.07, 6.45) is 1.11. The Bertz CT molecular complexity index is 512. The van der Waals surface area contributed by atoms with Gasteiger partial charge in [-0.1, -0.05) is 0 Å². The molecule has 9 heteroatoms. The average molecular weight is 266 g/mol. The van der Waals surface area contributed by atoms with E-state index < -0.39 is 4.92 Å². The van der Waals surface area contributed by atoms with Crippen molar-refractivity contribution < 1.29 is 9.72 Å². The van der Waals surface area contributed by atoms with E-state index in [1.54, 1.807) is 9.80 Å². The number of amides is 1. The van der Waals surface area contributed by atoms with Crippen LogP contribution in [0.2, 0.25) is 0 Å². The lowest BCUT2D eigenvalue weighted by Crippen LogP contribution is -2.48. The Morgan fingerprint density at radius 3 is 2.58 bits per heavy atom. The summed E-state index contributed by atoms with van der Waals surface area (Å²) in [5, 5.41) is 10.9. The van der Waals surface area contributed by atoms with Crippen molar-refractivity contribution in [3.8, 4) is 0 Å². The molecule has 0 aliphatic carbocycles. The molecule has 2 N–H and O–H groups in total. The summed E-state index contributed by atoms with van der Waals surface area (Å²) < 4.78 is 0. The van der Waals surface area contributed by atoms with Gasteiger partial charge in [-0.05, 0) is 0 Å². The number of nitrogens with two attached hydrogens (primary N) is 1. The van der Waals surface area contributed by atoms with Gasteiger partial charge in [0.2, 0.25) is 17.7 Å². The Balaban J connectivity index is 2.21. The SMILES string of the molecule is CC(=O)N1CCN(c2nc(N)ncc2[N+](=O)[O-])CC1. The van der Waals surface area contributed by atoms with Crippen LogP contribution < -0.4 is 10.6 Å². The first-order valence-electron chi connectivity index (χ1n) is 5.76. The molecule has 0 saturated carbocycles. The van der Waals surface area contributed by atoms with Gasteiger partial charge in [0.05, 0.1) is 4.92 Å². The third-order valence-corrected chi connectivity index (χ3v) is 2.99. The number of anilines is 2. The van der Waals surface area contributed by atoms with Crippen molar-refractivity contribution in [2.45, 2.75) is 6.92 Å². The Labute approximate surface area is 109 Å². The van der Waals surface area contributed by atoms with E-state index in [-0.39, 0.29) is 23.4 Å². The maximum atomic E-state index is 11.2. The maximum Gasteiger partial charge on any atom is 0.329 e. The molecule has 2 heterocycles. The minimum atomic E-state index is -0.536. The highest BCUT2D eigenvalue weighted by atomic mass is 16.6. The molecule has 1 fully saturated rings. The summed E-state index contributed by atoms with van der Waals surface area (Å²) in [6, 6.07) is 0. The van der Waals surface area contributed by atoms with Crippen molar-refractivity contribution >= 4 is 23.4 Å². The molecule has 0 unspecified atom stereocenters. The lowest BCUT2D eigenvalue weighted by molar-refractivity contribution is -0.384. The van der Waals surface area contributed by atoms with Gasteiger partial charge in [-0.3, -0.25) is 14.9 Å². The average Bonchev–Trinajstić information content (AvgIpc) is 2.38. The van der Waals surface area contributed by atoms with Crippen LogP contribution in [0, 0.1) is 10.1 Å². The highest BCUT2D eigenvalue weighted by Crippen LogP contribution is 2.26. The first kappa shape index (κ1) is 13.0. The van der Waals surface area contributed by atoms with Gasteiger partial charge in [0, 0.05) is 33.1 Å². The number of nitro groups is 1. The predicted octanol–water partition coefficient (Wildman–Crippen LogP) is -0.364. The number of aromatic nitrogens is 2. The first-order chi connectivity index (χ1) is 8.99. The molecular formula is C10H14N6O3. The number of hydrogen-bond acceptors (Lipinski definition) is 7. The topological polar surface area (TPSA) is 118 Å². The van der Waals surface area contributed by atoms with E-state index in [0.717, 1.165) is 6.20 Å². The van der Waals surface area contributed by atoms with Gasteiger partial charge in [0.25, 0.3) is 0 Å². The van der Waals surface area contributed by atoms with Gasteiger partial charge < -0.3 is 15.5 Å². The Morgan fingerprint density at radius 1 is 1.42 bits per heavy atom. The van der Waals surface area contributed by atoms with Crippen LogP contribution in [0.15, 0.2) is 6.20 Å². The molecule has 9 nitrogen and oxygen atoms in total. The molecule has 1 aromatic heterocycles. The summed E-state index contributed by atoms with van der Waals surface area (Å²) in [4.78, 5) is 32.6. The van der Waals surface area contributed by atoms with E-state index in [9.17, 15) is 14.9 Å². The summed E-state index contributed by atoms with van der Waals surface area (Å²) in [5.41, 5.74) is 5.30. The van der Waals surface area contributed by atoms with Crippen LogP contribution >= 0.6 is 0 Å². The molecule has 0 atom stereocenters. The zero-order valence-electron chi connectivity index (χ0n) is 10.4. The molecule has 0 bridgehead atoms. The van der Waals surface area contributed by atoms with Gasteiger partial charge in [0.1, 0.15) is 6.20 Å². The predicted molar refractivity (Wildman–Crippen MR) is 67.6 cm³/mol. The second-order valence-electron chi connectivity index (χ2n) is 4.19. The van der Waals surface area contributed by atoms with Gasteiger partial charge in [-0.2, -0.15) is 4.98 Å². The molecule has 102 valence electrons. The fourth-order valence-electron chi connectivity index (χ4n) is 1.97. The van der Waals surface area contributed by atoms with Crippen molar-refractivity contribution in [2.24, 2.45) is 0 Å². The van der Waals surface area contributed by atoms with Crippen LogP contribution in [0.4, 0.5) is 17.5 Å². The summed E-state index contributed by atoms with van der Waals surface area (Å²) in [6.45, 7) is 3.49. The smallest absolute Gasteiger partial charge is 0.329 e. The van der Waals surface area contributed by atoms with E-state index in [4.69, 9.17) is 5.73 Å². The minimum absolute atomic E-state index is 0.00338. The van der Waals surface area contributed by atoms with Crippen LogP contribution in [0.1, 0.15) is 6.92 Å². The van der Waals surface area contributed by atoms with Crippen LogP contribution in [0.5, 0.6) is 0 Å². The molecule has 1 aliphatic heterocycles. The van der Waals surface area contributed by atoms with E-state index in [1.165, 1.54) is 6.92 Å². The molecule has 0 radical (unpaired) electrons. The molecule has 1 saturated heterocycles. The summed E-state index contributed by atoms with van der Waals surface area (Å²) >= 11 is 0. The fourth-order valence-corrected chi connectivity index (χ4v) is 1.97. The van der Waals surface area contributed by atoms with E-state index in [1.807, 2.05) is 0 Å². The second kappa shape index (κ2) is 5.04. The van der Waals surface area contributed by atoms with Crippen molar-refractivity contribution in [1.29, 1.82) is 0 Å². The molecule has 19 heavy (non-hydrogen) atoms. The van der Waals surface area contributed by atoms with Crippen molar-refractivity contribution in [3.63, 3.8) is 0 Å². The quantitative estimate of drug-likeness (QED) is 0.573. The zero-order valence-corrected chi connectivity index (χ0v) is 10.4. The van der Waals surface area contributed by atoms with Crippen molar-refractivity contribution in [3.05, 3.63) is 16.3 Å². The van der Waals surface area contributed by atoms with Gasteiger partial charge in [0.15, 0.2) is 0 Å². The number of piperazine rings is 1. The van der Waals surface area contributed by atoms with Crippen LogP contribution in [0.25, 0.3) is 0 Å². The third kappa shape index (κ3) is 2.69. The van der Waals surface area contributed by atoms with Crippen LogP contribution in [-0.2, 0) is 4.79 Å². The lowest BCUT2D eigenvalue weighted by atomic mass is 10.3. The first-order valence-corrected chi connectivity index (χ1v) is 5.76. The van der Waals surface area contributed by atoms with Gasteiger partial charge in [-0.15, -0.1) is 0 Å². The van der Waals surface area contributed by atoms with Gasteiger partial charge >= 0.3 is 5.69 Å². The molecular weight excluding hydrogens is 252 g/mol. The van der Waals surface area contributed by atoms with Crippen molar-refractivity contribution in [2.75, 3.05) is 36.8 Å². The molecule has 1 aliphatic rings. The summed E-state index contributed by atoms with van der Waals surface area (Å²) in [7, 11) is 0. The van der Waals surface area contributed by atoms with E-state index in [0.29, 0.717) is 26.2 Å². The van der Waals surface area contributed by atoms with Crippen LogP contribution in [-0.4, -0.2) is 51.9 Å². The molecule has 0 spiro atoms. The lowest BCUT2D eigenvalue weighted by Gasteiger charge is -2.34. The minimum Gasteiger partial charge on any atom is -0.368 e. The normalized spacial score (nSPS) is 15.4. The van der Waals surface area contributed by atoms with Crippen molar-refractivity contribution in [1.82, 2.24) is 14.9 Å². The number of hydrogen-bond donors (Lipinski definition) is 1. The molecule has 0 aromatic carbocycles. The Morgan fingerprint density at radius 2 is 2.05 bits per heavy atom. The number of rotatable bonds is 2. The largest absolute Gasteiger partial charge is 0.368 e. The highest BCUT2D eigenvalue weighted by molar-refractivity contribution is 5.73. The second-order valence-corrected chi connectivity index (χ2v) is 4.19. The Kier molecular flexibility index (Phi) is 3.45. The standard InChI is InChI=1S/C10H14N6O3/c1-7(17)14-2-4-15(5-3-14)9-8(16(18)19)6-12-10(11)13-9/h6H,2-5H2,1H3,(H2,11,12,13). The summed E-state index contributed by atoms with van der Waals surface area (Å²) in [5.74, 6) is 0.201. The number of nitrogen functional groups attached to an aromatic ring is 1.